The number of aryl methyl sites for hydroxylation is 2. The van der Waals surface area contributed by atoms with E-state index in [0.717, 1.165) is 80.7 Å². The fourth-order valence-corrected chi connectivity index (χ4v) is 6.54. The summed E-state index contributed by atoms with van der Waals surface area (Å²) in [5.74, 6) is -0.723. The van der Waals surface area contributed by atoms with Gasteiger partial charge in [-0.3, -0.25) is 9.69 Å². The van der Waals surface area contributed by atoms with Gasteiger partial charge in [-0.2, -0.15) is 0 Å². The SMILES string of the molecule is Cc1cccc(C)c1C(=O)N1CCC(C)(N2CCC(N(Cc3ccc(C(=O)O)cc3)c3ccccc3)CC2)CC1. The number of benzene rings is 3. The highest BCUT2D eigenvalue weighted by atomic mass is 16.4. The maximum Gasteiger partial charge on any atom is 0.335 e. The Bertz CT molecular complexity index is 1300. The van der Waals surface area contributed by atoms with Crippen LogP contribution in [-0.4, -0.2) is 64.5 Å². The molecule has 0 saturated carbocycles. The fraction of sp³-hybridized carbons (Fsp3) is 0.412. The van der Waals surface area contributed by atoms with Gasteiger partial charge in [0.05, 0.1) is 5.56 Å². The van der Waals surface area contributed by atoms with Crippen LogP contribution in [0.2, 0.25) is 0 Å². The van der Waals surface area contributed by atoms with Crippen molar-refractivity contribution in [3.8, 4) is 0 Å². The van der Waals surface area contributed by atoms with Crippen molar-refractivity contribution in [2.45, 2.75) is 64.6 Å². The van der Waals surface area contributed by atoms with Gasteiger partial charge in [-0.25, -0.2) is 4.79 Å². The van der Waals surface area contributed by atoms with Gasteiger partial charge in [-0.1, -0.05) is 48.5 Å². The number of rotatable bonds is 7. The smallest absolute Gasteiger partial charge is 0.335 e. The lowest BCUT2D eigenvalue weighted by Crippen LogP contribution is -2.58. The van der Waals surface area contributed by atoms with Gasteiger partial charge in [0.15, 0.2) is 0 Å². The molecule has 6 heteroatoms. The topological polar surface area (TPSA) is 64.1 Å². The number of carbonyl (C=O) groups excluding carboxylic acids is 1. The van der Waals surface area contributed by atoms with Crippen LogP contribution >= 0.6 is 0 Å². The number of hydrogen-bond acceptors (Lipinski definition) is 4. The number of piperidine rings is 2. The first-order chi connectivity index (χ1) is 19.2. The van der Waals surface area contributed by atoms with Crippen LogP contribution in [0.4, 0.5) is 5.69 Å². The summed E-state index contributed by atoms with van der Waals surface area (Å²) < 4.78 is 0. The number of nitrogens with zero attached hydrogens (tertiary/aromatic N) is 3. The van der Waals surface area contributed by atoms with Gasteiger partial charge < -0.3 is 14.9 Å². The average Bonchev–Trinajstić information content (AvgIpc) is 2.97. The first-order valence-electron chi connectivity index (χ1n) is 14.5. The van der Waals surface area contributed by atoms with E-state index in [1.165, 1.54) is 5.69 Å². The van der Waals surface area contributed by atoms with Crippen LogP contribution in [0, 0.1) is 13.8 Å². The van der Waals surface area contributed by atoms with Crippen LogP contribution in [0.5, 0.6) is 0 Å². The van der Waals surface area contributed by atoms with E-state index in [0.29, 0.717) is 11.6 Å². The second kappa shape index (κ2) is 11.8. The quantitative estimate of drug-likeness (QED) is 0.389. The molecule has 210 valence electrons. The van der Waals surface area contributed by atoms with Crippen molar-refractivity contribution in [2.75, 3.05) is 31.1 Å². The predicted molar refractivity (Wildman–Crippen MR) is 160 cm³/mol. The molecule has 1 amide bonds. The Labute approximate surface area is 238 Å². The van der Waals surface area contributed by atoms with Crippen LogP contribution in [0.1, 0.15) is 70.0 Å². The van der Waals surface area contributed by atoms with E-state index >= 15 is 0 Å². The Morgan fingerprint density at radius 2 is 1.45 bits per heavy atom. The van der Waals surface area contributed by atoms with Crippen molar-refractivity contribution < 1.29 is 14.7 Å². The molecule has 0 aliphatic carbocycles. The molecule has 0 radical (unpaired) electrons. The zero-order chi connectivity index (χ0) is 28.3. The molecule has 1 N–H and O–H groups in total. The molecule has 40 heavy (non-hydrogen) atoms. The number of anilines is 1. The predicted octanol–water partition coefficient (Wildman–Crippen LogP) is 6.17. The van der Waals surface area contributed by atoms with Gasteiger partial charge in [0.2, 0.25) is 0 Å². The van der Waals surface area contributed by atoms with E-state index in [-0.39, 0.29) is 11.4 Å². The molecule has 2 fully saturated rings. The van der Waals surface area contributed by atoms with Gasteiger partial charge in [0.25, 0.3) is 5.91 Å². The maximum atomic E-state index is 13.4. The maximum absolute atomic E-state index is 13.4. The van der Waals surface area contributed by atoms with E-state index in [9.17, 15) is 14.7 Å². The lowest BCUT2D eigenvalue weighted by Gasteiger charge is -2.50. The van der Waals surface area contributed by atoms with Crippen molar-refractivity contribution in [3.63, 3.8) is 0 Å². The summed E-state index contributed by atoms with van der Waals surface area (Å²) in [5.41, 5.74) is 5.72. The normalized spacial score (nSPS) is 17.9. The minimum Gasteiger partial charge on any atom is -0.478 e. The third-order valence-electron chi connectivity index (χ3n) is 9.13. The molecule has 5 rings (SSSR count). The van der Waals surface area contributed by atoms with Gasteiger partial charge >= 0.3 is 5.97 Å². The molecule has 0 atom stereocenters. The number of likely N-dealkylation sites (tertiary alicyclic amines) is 2. The molecule has 0 bridgehead atoms. The molecule has 3 aromatic carbocycles. The van der Waals surface area contributed by atoms with Crippen LogP contribution in [-0.2, 0) is 6.54 Å². The molecule has 3 aromatic rings. The van der Waals surface area contributed by atoms with Crippen LogP contribution < -0.4 is 4.90 Å². The third-order valence-corrected chi connectivity index (χ3v) is 9.13. The molecule has 0 spiro atoms. The minimum atomic E-state index is -0.896. The summed E-state index contributed by atoms with van der Waals surface area (Å²) in [6.07, 6.45) is 4.13. The summed E-state index contributed by atoms with van der Waals surface area (Å²) in [6, 6.07) is 24.3. The van der Waals surface area contributed by atoms with E-state index in [1.54, 1.807) is 12.1 Å². The van der Waals surface area contributed by atoms with Crippen LogP contribution in [0.3, 0.4) is 0 Å². The Kier molecular flexibility index (Phi) is 8.27. The van der Waals surface area contributed by atoms with Crippen LogP contribution in [0.25, 0.3) is 0 Å². The van der Waals surface area contributed by atoms with Crippen LogP contribution in [0.15, 0.2) is 72.8 Å². The van der Waals surface area contributed by atoms with Crippen molar-refractivity contribution in [1.82, 2.24) is 9.80 Å². The molecule has 0 unspecified atom stereocenters. The molecule has 2 aliphatic rings. The number of carboxylic acids is 1. The molecule has 2 aliphatic heterocycles. The number of amides is 1. The summed E-state index contributed by atoms with van der Waals surface area (Å²) in [5, 5.41) is 9.27. The standard InChI is InChI=1S/C34H41N3O3/c1-25-8-7-9-26(2)31(25)32(38)35-22-18-34(3,19-23-35)36-20-16-30(17-21-36)37(29-10-5-4-6-11-29)24-27-12-14-28(15-13-27)33(39)40/h4-15,30H,16-24H2,1-3H3,(H,39,40). The van der Waals surface area contributed by atoms with E-state index in [2.05, 4.69) is 45.9 Å². The Balaban J connectivity index is 1.22. The average molecular weight is 540 g/mol. The second-order valence-electron chi connectivity index (χ2n) is 11.7. The highest BCUT2D eigenvalue weighted by Crippen LogP contribution is 2.34. The number of carbonyl (C=O) groups is 2. The van der Waals surface area contributed by atoms with Gasteiger partial charge in [0.1, 0.15) is 0 Å². The summed E-state index contributed by atoms with van der Waals surface area (Å²) in [7, 11) is 0. The monoisotopic (exact) mass is 539 g/mol. The first kappa shape index (κ1) is 27.9. The van der Waals surface area contributed by atoms with Gasteiger partial charge in [0, 0.05) is 55.6 Å². The van der Waals surface area contributed by atoms with Crippen molar-refractivity contribution in [2.24, 2.45) is 0 Å². The molecular weight excluding hydrogens is 498 g/mol. The number of carboxylic acid groups (broad SMARTS) is 1. The third kappa shape index (κ3) is 5.92. The van der Waals surface area contributed by atoms with E-state index < -0.39 is 5.97 Å². The van der Waals surface area contributed by atoms with Gasteiger partial charge in [-0.15, -0.1) is 0 Å². The summed E-state index contributed by atoms with van der Waals surface area (Å²) in [6.45, 7) is 10.9. The fourth-order valence-electron chi connectivity index (χ4n) is 6.54. The summed E-state index contributed by atoms with van der Waals surface area (Å²) >= 11 is 0. The van der Waals surface area contributed by atoms with Crippen molar-refractivity contribution in [3.05, 3.63) is 101 Å². The summed E-state index contributed by atoms with van der Waals surface area (Å²) in [4.78, 5) is 31.9. The molecule has 2 heterocycles. The molecule has 2 saturated heterocycles. The number of aromatic carboxylic acids is 1. The van der Waals surface area contributed by atoms with Crippen molar-refractivity contribution >= 4 is 17.6 Å². The Hall–Kier alpha value is -3.64. The first-order valence-corrected chi connectivity index (χ1v) is 14.5. The largest absolute Gasteiger partial charge is 0.478 e. The highest BCUT2D eigenvalue weighted by Gasteiger charge is 2.39. The number of hydrogen-bond donors (Lipinski definition) is 1. The Morgan fingerprint density at radius 1 is 0.850 bits per heavy atom. The zero-order valence-electron chi connectivity index (χ0n) is 24.0. The molecule has 6 nitrogen and oxygen atoms in total. The van der Waals surface area contributed by atoms with Gasteiger partial charge in [-0.05, 0) is 87.4 Å². The number of para-hydroxylation sites is 1. The van der Waals surface area contributed by atoms with E-state index in [1.807, 2.05) is 50.2 Å². The minimum absolute atomic E-state index is 0.104. The highest BCUT2D eigenvalue weighted by molar-refractivity contribution is 5.97. The molecule has 0 aromatic heterocycles. The second-order valence-corrected chi connectivity index (χ2v) is 11.7. The lowest BCUT2D eigenvalue weighted by atomic mass is 9.85. The van der Waals surface area contributed by atoms with Crippen molar-refractivity contribution in [1.29, 1.82) is 0 Å². The zero-order valence-corrected chi connectivity index (χ0v) is 24.0. The Morgan fingerprint density at radius 3 is 2.02 bits per heavy atom. The van der Waals surface area contributed by atoms with E-state index in [4.69, 9.17) is 0 Å². The lowest BCUT2D eigenvalue weighted by molar-refractivity contribution is 0.0170. The molecular formula is C34H41N3O3.